The Morgan fingerprint density at radius 3 is 2.50 bits per heavy atom. The highest BCUT2D eigenvalue weighted by molar-refractivity contribution is 6.02. The molecule has 0 saturated heterocycles. The predicted molar refractivity (Wildman–Crippen MR) is 96.6 cm³/mol. The van der Waals surface area contributed by atoms with Crippen LogP contribution in [0.1, 0.15) is 61.3 Å². The Bertz CT molecular complexity index is 719. The van der Waals surface area contributed by atoms with Crippen molar-refractivity contribution in [2.45, 2.75) is 59.4 Å². The van der Waals surface area contributed by atoms with Crippen LogP contribution < -0.4 is 5.73 Å². The Labute approximate surface area is 143 Å². The van der Waals surface area contributed by atoms with Gasteiger partial charge < -0.3 is 10.3 Å². The molecule has 0 radical (unpaired) electrons. The maximum absolute atomic E-state index is 13.8. The van der Waals surface area contributed by atoms with Gasteiger partial charge in [-0.1, -0.05) is 38.8 Å². The van der Waals surface area contributed by atoms with Crippen molar-refractivity contribution in [3.8, 4) is 11.1 Å². The van der Waals surface area contributed by atoms with Crippen LogP contribution in [0.4, 0.5) is 4.39 Å². The van der Waals surface area contributed by atoms with Crippen LogP contribution in [0.3, 0.4) is 0 Å². The van der Waals surface area contributed by atoms with Crippen LogP contribution in [0.5, 0.6) is 0 Å². The zero-order valence-corrected chi connectivity index (χ0v) is 14.9. The van der Waals surface area contributed by atoms with Crippen LogP contribution in [0.15, 0.2) is 24.3 Å². The van der Waals surface area contributed by atoms with E-state index in [1.807, 2.05) is 13.0 Å². The van der Waals surface area contributed by atoms with E-state index in [-0.39, 0.29) is 5.82 Å². The lowest BCUT2D eigenvalue weighted by atomic mass is 9.97. The average Bonchev–Trinajstić information content (AvgIpc) is 2.83. The highest BCUT2D eigenvalue weighted by Gasteiger charge is 2.24. The summed E-state index contributed by atoms with van der Waals surface area (Å²) in [6.07, 6.45) is 5.06. The first kappa shape index (κ1) is 18.2. The van der Waals surface area contributed by atoms with Gasteiger partial charge in [-0.25, -0.2) is 4.39 Å². The van der Waals surface area contributed by atoms with Gasteiger partial charge in [0.05, 0.1) is 5.56 Å². The second-order valence-electron chi connectivity index (χ2n) is 6.27. The van der Waals surface area contributed by atoms with Crippen molar-refractivity contribution >= 4 is 5.91 Å². The van der Waals surface area contributed by atoms with E-state index in [1.54, 1.807) is 6.07 Å². The van der Waals surface area contributed by atoms with E-state index >= 15 is 0 Å². The SMILES string of the molecule is CCCCc1c(-c2cccc(F)c2)c(C(N)=O)c(C)n1CCCC. The van der Waals surface area contributed by atoms with Gasteiger partial charge in [0.25, 0.3) is 5.91 Å². The number of carbonyl (C=O) groups excluding carboxylic acids is 1. The molecule has 0 atom stereocenters. The molecule has 1 aromatic heterocycles. The first-order valence-corrected chi connectivity index (χ1v) is 8.78. The Morgan fingerprint density at radius 1 is 1.21 bits per heavy atom. The lowest BCUT2D eigenvalue weighted by molar-refractivity contribution is 0.1000. The zero-order chi connectivity index (χ0) is 17.7. The Hall–Kier alpha value is -2.10. The van der Waals surface area contributed by atoms with Crippen LogP contribution >= 0.6 is 0 Å². The first-order valence-electron chi connectivity index (χ1n) is 8.78. The lowest BCUT2D eigenvalue weighted by Crippen LogP contribution is -2.13. The molecule has 24 heavy (non-hydrogen) atoms. The highest BCUT2D eigenvalue weighted by Crippen LogP contribution is 2.34. The third kappa shape index (κ3) is 3.69. The lowest BCUT2D eigenvalue weighted by Gasteiger charge is -2.13. The summed E-state index contributed by atoms with van der Waals surface area (Å²) in [6, 6.07) is 6.43. The zero-order valence-electron chi connectivity index (χ0n) is 14.9. The molecular formula is C20H27FN2O. The second-order valence-corrected chi connectivity index (χ2v) is 6.27. The number of halogens is 1. The molecule has 0 bridgehead atoms. The molecule has 0 aliphatic heterocycles. The smallest absolute Gasteiger partial charge is 0.251 e. The molecule has 0 fully saturated rings. The Morgan fingerprint density at radius 2 is 1.92 bits per heavy atom. The normalized spacial score (nSPS) is 11.0. The fraction of sp³-hybridized carbons (Fsp3) is 0.450. The molecule has 0 saturated carbocycles. The second kappa shape index (κ2) is 8.13. The van der Waals surface area contributed by atoms with Gasteiger partial charge in [0, 0.05) is 23.5 Å². The van der Waals surface area contributed by atoms with Crippen molar-refractivity contribution in [1.82, 2.24) is 4.57 Å². The molecule has 2 rings (SSSR count). The summed E-state index contributed by atoms with van der Waals surface area (Å²) in [5.41, 5.74) is 9.74. The number of rotatable bonds is 8. The third-order valence-corrected chi connectivity index (χ3v) is 4.49. The van der Waals surface area contributed by atoms with Gasteiger partial charge in [-0.05, 0) is 43.9 Å². The summed E-state index contributed by atoms with van der Waals surface area (Å²) in [5, 5.41) is 0. The summed E-state index contributed by atoms with van der Waals surface area (Å²) in [6.45, 7) is 7.08. The molecule has 0 spiro atoms. The van der Waals surface area contributed by atoms with E-state index in [2.05, 4.69) is 18.4 Å². The molecule has 0 aliphatic rings. The quantitative estimate of drug-likeness (QED) is 0.739. The topological polar surface area (TPSA) is 48.0 Å². The molecule has 130 valence electrons. The first-order chi connectivity index (χ1) is 11.5. The van der Waals surface area contributed by atoms with Gasteiger partial charge in [-0.3, -0.25) is 4.79 Å². The van der Waals surface area contributed by atoms with Gasteiger partial charge in [0.1, 0.15) is 5.82 Å². The molecule has 1 aromatic carbocycles. The molecule has 2 N–H and O–H groups in total. The molecule has 2 aromatic rings. The molecule has 3 nitrogen and oxygen atoms in total. The van der Waals surface area contributed by atoms with Crippen molar-refractivity contribution in [1.29, 1.82) is 0 Å². The Kier molecular flexibility index (Phi) is 6.18. The van der Waals surface area contributed by atoms with E-state index in [1.165, 1.54) is 12.1 Å². The maximum atomic E-state index is 13.8. The van der Waals surface area contributed by atoms with E-state index < -0.39 is 5.91 Å². The molecule has 4 heteroatoms. The van der Waals surface area contributed by atoms with Crippen molar-refractivity contribution < 1.29 is 9.18 Å². The van der Waals surface area contributed by atoms with Gasteiger partial charge in [-0.15, -0.1) is 0 Å². The van der Waals surface area contributed by atoms with Crippen molar-refractivity contribution in [3.63, 3.8) is 0 Å². The van der Waals surface area contributed by atoms with E-state index in [9.17, 15) is 9.18 Å². The fourth-order valence-electron chi connectivity index (χ4n) is 3.28. The standard InChI is InChI=1S/C20H27FN2O/c1-4-6-11-17-19(15-9-8-10-16(21)13-15)18(20(22)24)14(3)23(17)12-7-5-2/h8-10,13H,4-7,11-12H2,1-3H3,(H2,22,24). The van der Waals surface area contributed by atoms with Crippen LogP contribution in [-0.4, -0.2) is 10.5 Å². The number of nitrogens with two attached hydrogens (primary N) is 1. The number of nitrogens with zero attached hydrogens (tertiary/aromatic N) is 1. The van der Waals surface area contributed by atoms with Crippen molar-refractivity contribution in [2.75, 3.05) is 0 Å². The summed E-state index contributed by atoms with van der Waals surface area (Å²) >= 11 is 0. The molecule has 1 amide bonds. The number of hydrogen-bond acceptors (Lipinski definition) is 1. The van der Waals surface area contributed by atoms with Crippen molar-refractivity contribution in [3.05, 3.63) is 47.0 Å². The minimum Gasteiger partial charge on any atom is -0.366 e. The van der Waals surface area contributed by atoms with Crippen LogP contribution in [0.25, 0.3) is 11.1 Å². The van der Waals surface area contributed by atoms with Crippen LogP contribution in [0.2, 0.25) is 0 Å². The summed E-state index contributed by atoms with van der Waals surface area (Å²) in [4.78, 5) is 12.1. The summed E-state index contributed by atoms with van der Waals surface area (Å²) in [7, 11) is 0. The van der Waals surface area contributed by atoms with Crippen LogP contribution in [-0.2, 0) is 13.0 Å². The van der Waals surface area contributed by atoms with Gasteiger partial charge >= 0.3 is 0 Å². The molecular weight excluding hydrogens is 303 g/mol. The average molecular weight is 330 g/mol. The van der Waals surface area contributed by atoms with E-state index in [4.69, 9.17) is 5.73 Å². The monoisotopic (exact) mass is 330 g/mol. The number of amides is 1. The predicted octanol–water partition coefficient (Wildman–Crippen LogP) is 4.84. The van der Waals surface area contributed by atoms with Gasteiger partial charge in [-0.2, -0.15) is 0 Å². The van der Waals surface area contributed by atoms with Gasteiger partial charge in [0.15, 0.2) is 0 Å². The van der Waals surface area contributed by atoms with Crippen molar-refractivity contribution in [2.24, 2.45) is 5.73 Å². The fourth-order valence-corrected chi connectivity index (χ4v) is 3.28. The Balaban J connectivity index is 2.70. The molecule has 1 heterocycles. The van der Waals surface area contributed by atoms with Crippen LogP contribution in [0, 0.1) is 12.7 Å². The summed E-state index contributed by atoms with van der Waals surface area (Å²) in [5.74, 6) is -0.747. The number of aromatic nitrogens is 1. The number of unbranched alkanes of at least 4 members (excludes halogenated alkanes) is 2. The molecule has 0 unspecified atom stereocenters. The number of benzene rings is 1. The number of hydrogen-bond donors (Lipinski definition) is 1. The minimum atomic E-state index is -0.445. The van der Waals surface area contributed by atoms with Gasteiger partial charge in [0.2, 0.25) is 0 Å². The highest BCUT2D eigenvalue weighted by atomic mass is 19.1. The number of carbonyl (C=O) groups is 1. The summed E-state index contributed by atoms with van der Waals surface area (Å²) < 4.78 is 16.0. The largest absolute Gasteiger partial charge is 0.366 e. The minimum absolute atomic E-state index is 0.302. The van der Waals surface area contributed by atoms with E-state index in [0.29, 0.717) is 5.56 Å². The van der Waals surface area contributed by atoms with E-state index in [0.717, 1.165) is 61.2 Å². The maximum Gasteiger partial charge on any atom is 0.251 e. The number of primary amides is 1. The third-order valence-electron chi connectivity index (χ3n) is 4.49. The molecule has 0 aliphatic carbocycles.